The largest absolute Gasteiger partial charge is 0.493 e. The maximum Gasteiger partial charge on any atom is 0.248 e. The second-order valence-electron chi connectivity index (χ2n) is 6.16. The highest BCUT2D eigenvalue weighted by molar-refractivity contribution is 6.03. The van der Waals surface area contributed by atoms with Crippen molar-refractivity contribution in [1.82, 2.24) is 0 Å². The van der Waals surface area contributed by atoms with Crippen LogP contribution in [0.1, 0.15) is 24.5 Å². The Hall–Kier alpha value is -3.48. The summed E-state index contributed by atoms with van der Waals surface area (Å²) >= 11 is 0. The van der Waals surface area contributed by atoms with Gasteiger partial charge < -0.3 is 24.8 Å². The lowest BCUT2D eigenvalue weighted by Gasteiger charge is -2.13. The third kappa shape index (κ3) is 5.51. The predicted molar refractivity (Wildman–Crippen MR) is 114 cm³/mol. The maximum absolute atomic E-state index is 12.4. The minimum Gasteiger partial charge on any atom is -0.493 e. The summed E-state index contributed by atoms with van der Waals surface area (Å²) in [6.07, 6.45) is 3.45. The number of nitrogens with one attached hydrogen (secondary N) is 2. The van der Waals surface area contributed by atoms with E-state index < -0.39 is 0 Å². The summed E-state index contributed by atoms with van der Waals surface area (Å²) in [5.74, 6) is 1.10. The van der Waals surface area contributed by atoms with Crippen LogP contribution in [0.15, 0.2) is 36.4 Å². The van der Waals surface area contributed by atoms with Crippen molar-refractivity contribution in [3.63, 3.8) is 0 Å². The van der Waals surface area contributed by atoms with Crippen molar-refractivity contribution >= 4 is 29.3 Å². The molecule has 29 heavy (non-hydrogen) atoms. The van der Waals surface area contributed by atoms with Gasteiger partial charge in [-0.2, -0.15) is 0 Å². The van der Waals surface area contributed by atoms with E-state index in [0.717, 1.165) is 11.1 Å². The highest BCUT2D eigenvalue weighted by atomic mass is 16.5. The van der Waals surface area contributed by atoms with Gasteiger partial charge in [0.15, 0.2) is 11.5 Å². The fourth-order valence-electron chi connectivity index (χ4n) is 2.69. The molecule has 0 heterocycles. The molecule has 0 atom stereocenters. The summed E-state index contributed by atoms with van der Waals surface area (Å²) in [6.45, 7) is 3.62. The molecule has 0 radical (unpaired) electrons. The van der Waals surface area contributed by atoms with Crippen LogP contribution >= 0.6 is 0 Å². The van der Waals surface area contributed by atoms with Crippen LogP contribution in [0.5, 0.6) is 17.2 Å². The van der Waals surface area contributed by atoms with Crippen LogP contribution in [-0.4, -0.2) is 33.1 Å². The number of methoxy groups -OCH3 is 3. The summed E-state index contributed by atoms with van der Waals surface area (Å²) in [7, 11) is 4.60. The molecule has 2 amide bonds. The molecule has 2 N–H and O–H groups in total. The van der Waals surface area contributed by atoms with E-state index in [1.54, 1.807) is 43.3 Å². The monoisotopic (exact) mass is 398 g/mol. The molecule has 0 aliphatic heterocycles. The van der Waals surface area contributed by atoms with Gasteiger partial charge in [-0.1, -0.05) is 13.0 Å². The zero-order chi connectivity index (χ0) is 21.4. The van der Waals surface area contributed by atoms with E-state index in [-0.39, 0.29) is 11.8 Å². The average molecular weight is 398 g/mol. The summed E-state index contributed by atoms with van der Waals surface area (Å²) in [6, 6.07) is 8.85. The van der Waals surface area contributed by atoms with Crippen molar-refractivity contribution in [2.24, 2.45) is 0 Å². The van der Waals surface area contributed by atoms with Gasteiger partial charge in [0.2, 0.25) is 17.6 Å². The SMILES string of the molecule is CCC(=O)Nc1cccc(NC(=O)/C=C/c2cc(OC)c(OC)c(OC)c2)c1C. The van der Waals surface area contributed by atoms with Crippen LogP contribution in [0.4, 0.5) is 11.4 Å². The molecule has 0 fully saturated rings. The number of amides is 2. The van der Waals surface area contributed by atoms with E-state index in [1.807, 2.05) is 6.92 Å². The summed E-state index contributed by atoms with van der Waals surface area (Å²) in [5.41, 5.74) is 2.79. The Bertz CT molecular complexity index is 896. The molecular formula is C22H26N2O5. The number of hydrogen-bond donors (Lipinski definition) is 2. The van der Waals surface area contributed by atoms with Crippen LogP contribution in [0.2, 0.25) is 0 Å². The van der Waals surface area contributed by atoms with Crippen molar-refractivity contribution in [2.45, 2.75) is 20.3 Å². The molecule has 2 aromatic carbocycles. The van der Waals surface area contributed by atoms with E-state index in [0.29, 0.717) is 35.0 Å². The van der Waals surface area contributed by atoms with Gasteiger partial charge in [-0.15, -0.1) is 0 Å². The standard InChI is InChI=1S/C22H26N2O5/c1-6-20(25)23-16-8-7-9-17(14(16)2)24-21(26)11-10-15-12-18(27-3)22(29-5)19(13-15)28-4/h7-13H,6H2,1-5H3,(H,23,25)(H,24,26)/b11-10+. The average Bonchev–Trinajstić information content (AvgIpc) is 2.73. The van der Waals surface area contributed by atoms with Crippen molar-refractivity contribution < 1.29 is 23.8 Å². The van der Waals surface area contributed by atoms with Gasteiger partial charge in [0.05, 0.1) is 21.3 Å². The normalized spacial score (nSPS) is 10.5. The van der Waals surface area contributed by atoms with Crippen LogP contribution in [0, 0.1) is 6.92 Å². The highest BCUT2D eigenvalue weighted by Crippen LogP contribution is 2.38. The van der Waals surface area contributed by atoms with Crippen LogP contribution < -0.4 is 24.8 Å². The fourth-order valence-corrected chi connectivity index (χ4v) is 2.69. The molecule has 2 rings (SSSR count). The topological polar surface area (TPSA) is 85.9 Å². The Morgan fingerprint density at radius 2 is 1.55 bits per heavy atom. The Labute approximate surface area is 170 Å². The van der Waals surface area contributed by atoms with Gasteiger partial charge in [0, 0.05) is 23.9 Å². The zero-order valence-electron chi connectivity index (χ0n) is 17.3. The minimum absolute atomic E-state index is 0.0844. The van der Waals surface area contributed by atoms with E-state index in [2.05, 4.69) is 10.6 Å². The van der Waals surface area contributed by atoms with E-state index in [9.17, 15) is 9.59 Å². The lowest BCUT2D eigenvalue weighted by Crippen LogP contribution is -2.13. The molecule has 2 aromatic rings. The Balaban J connectivity index is 2.18. The molecule has 0 bridgehead atoms. The lowest BCUT2D eigenvalue weighted by atomic mass is 10.1. The van der Waals surface area contributed by atoms with Gasteiger partial charge in [-0.3, -0.25) is 9.59 Å². The smallest absolute Gasteiger partial charge is 0.248 e. The minimum atomic E-state index is -0.305. The zero-order valence-corrected chi connectivity index (χ0v) is 17.3. The number of carbonyl (C=O) groups excluding carboxylic acids is 2. The first-order valence-electron chi connectivity index (χ1n) is 9.12. The van der Waals surface area contributed by atoms with Gasteiger partial charge in [-0.05, 0) is 48.4 Å². The van der Waals surface area contributed by atoms with E-state index >= 15 is 0 Å². The van der Waals surface area contributed by atoms with Crippen LogP contribution in [0.25, 0.3) is 6.08 Å². The third-order valence-corrected chi connectivity index (χ3v) is 4.30. The third-order valence-electron chi connectivity index (χ3n) is 4.30. The van der Waals surface area contributed by atoms with Gasteiger partial charge in [0.25, 0.3) is 0 Å². The first-order chi connectivity index (χ1) is 13.9. The van der Waals surface area contributed by atoms with Crippen molar-refractivity contribution in [2.75, 3.05) is 32.0 Å². The molecule has 0 unspecified atom stereocenters. The molecule has 7 nitrogen and oxygen atoms in total. The summed E-state index contributed by atoms with van der Waals surface area (Å²) in [4.78, 5) is 24.0. The molecule has 0 aromatic heterocycles. The number of anilines is 2. The van der Waals surface area contributed by atoms with Gasteiger partial charge in [0.1, 0.15) is 0 Å². The van der Waals surface area contributed by atoms with Crippen molar-refractivity contribution in [3.05, 3.63) is 47.5 Å². The molecular weight excluding hydrogens is 372 g/mol. The number of rotatable bonds is 8. The molecule has 0 saturated heterocycles. The predicted octanol–water partition coefficient (Wildman–Crippen LogP) is 4.02. The Morgan fingerprint density at radius 3 is 2.07 bits per heavy atom. The molecule has 0 aliphatic rings. The first-order valence-corrected chi connectivity index (χ1v) is 9.12. The molecule has 0 spiro atoms. The van der Waals surface area contributed by atoms with Gasteiger partial charge >= 0.3 is 0 Å². The molecule has 0 aliphatic carbocycles. The molecule has 0 saturated carbocycles. The second-order valence-corrected chi connectivity index (χ2v) is 6.16. The molecule has 154 valence electrons. The fraction of sp³-hybridized carbons (Fsp3) is 0.273. The number of benzene rings is 2. The lowest BCUT2D eigenvalue weighted by molar-refractivity contribution is -0.116. The number of ether oxygens (including phenoxy) is 3. The maximum atomic E-state index is 12.4. The van der Waals surface area contributed by atoms with E-state index in [4.69, 9.17) is 14.2 Å². The summed E-state index contributed by atoms with van der Waals surface area (Å²) in [5, 5.41) is 5.65. The van der Waals surface area contributed by atoms with Crippen LogP contribution in [0.3, 0.4) is 0 Å². The first kappa shape index (κ1) is 21.8. The highest BCUT2D eigenvalue weighted by Gasteiger charge is 2.12. The Morgan fingerprint density at radius 1 is 0.966 bits per heavy atom. The summed E-state index contributed by atoms with van der Waals surface area (Å²) < 4.78 is 15.9. The van der Waals surface area contributed by atoms with Gasteiger partial charge in [-0.25, -0.2) is 0 Å². The Kier molecular flexibility index (Phi) is 7.65. The molecule has 7 heteroatoms. The quantitative estimate of drug-likeness (QED) is 0.656. The van der Waals surface area contributed by atoms with Crippen LogP contribution in [-0.2, 0) is 9.59 Å². The number of carbonyl (C=O) groups is 2. The van der Waals surface area contributed by atoms with Crippen molar-refractivity contribution in [1.29, 1.82) is 0 Å². The second kappa shape index (κ2) is 10.2. The number of hydrogen-bond acceptors (Lipinski definition) is 5. The van der Waals surface area contributed by atoms with Crippen molar-refractivity contribution in [3.8, 4) is 17.2 Å². The van der Waals surface area contributed by atoms with E-state index in [1.165, 1.54) is 27.4 Å².